The van der Waals surface area contributed by atoms with Crippen molar-refractivity contribution in [3.05, 3.63) is 0 Å². The minimum atomic E-state index is -0.892. The first-order valence-corrected chi connectivity index (χ1v) is 5.15. The number of carbonyl (C=O) groups is 2. The van der Waals surface area contributed by atoms with Crippen LogP contribution in [0.4, 0.5) is 0 Å². The van der Waals surface area contributed by atoms with Gasteiger partial charge in [-0.2, -0.15) is 5.26 Å². The van der Waals surface area contributed by atoms with Crippen LogP contribution in [0.5, 0.6) is 0 Å². The van der Waals surface area contributed by atoms with Gasteiger partial charge in [-0.25, -0.2) is 0 Å². The van der Waals surface area contributed by atoms with Crippen LogP contribution in [0.3, 0.4) is 0 Å². The van der Waals surface area contributed by atoms with Gasteiger partial charge in [0.2, 0.25) is 0 Å². The van der Waals surface area contributed by atoms with Gasteiger partial charge in [0.15, 0.2) is 0 Å². The average Bonchev–Trinajstić information content (AvgIpc) is 2.18. The average molecular weight is 209 g/mol. The SMILES string of the molecule is CCOC(=O)C1C(=O)CCCC1(C)C#N. The highest BCUT2D eigenvalue weighted by atomic mass is 16.5. The van der Waals surface area contributed by atoms with Crippen molar-refractivity contribution in [3.63, 3.8) is 0 Å². The third-order valence-electron chi connectivity index (χ3n) is 2.86. The Morgan fingerprint density at radius 3 is 2.93 bits per heavy atom. The fourth-order valence-corrected chi connectivity index (χ4v) is 2.01. The number of nitriles is 1. The van der Waals surface area contributed by atoms with Gasteiger partial charge in [-0.1, -0.05) is 0 Å². The number of nitrogens with zero attached hydrogens (tertiary/aromatic N) is 1. The number of ketones is 1. The second-order valence-corrected chi connectivity index (χ2v) is 4.03. The molecular weight excluding hydrogens is 194 g/mol. The maximum atomic E-state index is 11.6. The Balaban J connectivity index is 2.93. The van der Waals surface area contributed by atoms with Gasteiger partial charge < -0.3 is 4.74 Å². The number of Topliss-reactive ketones (excluding diaryl/α,β-unsaturated/α-hetero) is 1. The Kier molecular flexibility index (Phi) is 3.46. The van der Waals surface area contributed by atoms with Crippen molar-refractivity contribution >= 4 is 11.8 Å². The second kappa shape index (κ2) is 4.43. The fraction of sp³-hybridized carbons (Fsp3) is 0.727. The van der Waals surface area contributed by atoms with Gasteiger partial charge in [-0.05, 0) is 26.7 Å². The van der Waals surface area contributed by atoms with E-state index in [4.69, 9.17) is 10.00 Å². The number of rotatable bonds is 2. The molecule has 1 aliphatic rings. The van der Waals surface area contributed by atoms with Crippen LogP contribution in [0.2, 0.25) is 0 Å². The van der Waals surface area contributed by atoms with Crippen molar-refractivity contribution in [2.45, 2.75) is 33.1 Å². The zero-order chi connectivity index (χ0) is 11.5. The molecule has 0 aromatic heterocycles. The summed E-state index contributed by atoms with van der Waals surface area (Å²) in [6.45, 7) is 3.59. The van der Waals surface area contributed by atoms with Gasteiger partial charge in [0.1, 0.15) is 11.7 Å². The largest absolute Gasteiger partial charge is 0.465 e. The molecule has 0 spiro atoms. The molecule has 0 aromatic carbocycles. The molecule has 4 nitrogen and oxygen atoms in total. The molecule has 2 atom stereocenters. The Morgan fingerprint density at radius 1 is 1.73 bits per heavy atom. The first-order valence-electron chi connectivity index (χ1n) is 5.15. The van der Waals surface area contributed by atoms with E-state index in [1.54, 1.807) is 13.8 Å². The third kappa shape index (κ3) is 2.17. The predicted octanol–water partition coefficient (Wildman–Crippen LogP) is 1.45. The molecule has 0 aliphatic heterocycles. The number of carbonyl (C=O) groups excluding carboxylic acids is 2. The normalized spacial score (nSPS) is 30.7. The monoisotopic (exact) mass is 209 g/mol. The van der Waals surface area contributed by atoms with E-state index in [1.165, 1.54) is 0 Å². The highest BCUT2D eigenvalue weighted by molar-refractivity contribution is 6.00. The van der Waals surface area contributed by atoms with E-state index in [-0.39, 0.29) is 12.4 Å². The first-order chi connectivity index (χ1) is 7.05. The zero-order valence-corrected chi connectivity index (χ0v) is 9.08. The fourth-order valence-electron chi connectivity index (χ4n) is 2.01. The van der Waals surface area contributed by atoms with E-state index in [1.807, 2.05) is 0 Å². The summed E-state index contributed by atoms with van der Waals surface area (Å²) in [5.41, 5.74) is -0.887. The molecule has 0 amide bonds. The van der Waals surface area contributed by atoms with E-state index in [0.29, 0.717) is 19.3 Å². The quantitative estimate of drug-likeness (QED) is 0.510. The highest BCUT2D eigenvalue weighted by Gasteiger charge is 2.47. The van der Waals surface area contributed by atoms with Gasteiger partial charge in [0, 0.05) is 6.42 Å². The third-order valence-corrected chi connectivity index (χ3v) is 2.86. The Labute approximate surface area is 89.2 Å². The topological polar surface area (TPSA) is 67.2 Å². The van der Waals surface area contributed by atoms with Crippen molar-refractivity contribution in [2.24, 2.45) is 11.3 Å². The summed E-state index contributed by atoms with van der Waals surface area (Å²) in [4.78, 5) is 23.2. The molecule has 2 unspecified atom stereocenters. The standard InChI is InChI=1S/C11H15NO3/c1-3-15-10(14)9-8(13)5-4-6-11(9,2)7-12/h9H,3-6H2,1-2H3. The molecule has 0 heterocycles. The Morgan fingerprint density at radius 2 is 2.40 bits per heavy atom. The van der Waals surface area contributed by atoms with Crippen LogP contribution >= 0.6 is 0 Å². The molecule has 0 aromatic rings. The Hall–Kier alpha value is -1.37. The molecule has 4 heteroatoms. The van der Waals surface area contributed by atoms with Crippen molar-refractivity contribution in [1.82, 2.24) is 0 Å². The second-order valence-electron chi connectivity index (χ2n) is 4.03. The zero-order valence-electron chi connectivity index (χ0n) is 9.08. The summed E-state index contributed by atoms with van der Waals surface area (Å²) in [5, 5.41) is 9.05. The van der Waals surface area contributed by atoms with Gasteiger partial charge in [0.05, 0.1) is 18.1 Å². The van der Waals surface area contributed by atoms with E-state index < -0.39 is 17.3 Å². The molecule has 15 heavy (non-hydrogen) atoms. The maximum absolute atomic E-state index is 11.6. The van der Waals surface area contributed by atoms with Crippen LogP contribution in [0.1, 0.15) is 33.1 Å². The van der Waals surface area contributed by atoms with Crippen LogP contribution in [0, 0.1) is 22.7 Å². The molecule has 1 rings (SSSR count). The minimum absolute atomic E-state index is 0.163. The molecular formula is C11H15NO3. The minimum Gasteiger partial charge on any atom is -0.465 e. The van der Waals surface area contributed by atoms with Crippen molar-refractivity contribution in [2.75, 3.05) is 6.61 Å². The van der Waals surface area contributed by atoms with E-state index in [2.05, 4.69) is 6.07 Å². The number of hydrogen-bond acceptors (Lipinski definition) is 4. The lowest BCUT2D eigenvalue weighted by Crippen LogP contribution is -2.42. The van der Waals surface area contributed by atoms with Crippen LogP contribution in [-0.4, -0.2) is 18.4 Å². The number of ether oxygens (including phenoxy) is 1. The van der Waals surface area contributed by atoms with Crippen LogP contribution < -0.4 is 0 Å². The van der Waals surface area contributed by atoms with Gasteiger partial charge in [-0.3, -0.25) is 9.59 Å². The molecule has 0 saturated heterocycles. The smallest absolute Gasteiger partial charge is 0.318 e. The lowest BCUT2D eigenvalue weighted by Gasteiger charge is -2.32. The summed E-state index contributed by atoms with van der Waals surface area (Å²) in [7, 11) is 0. The molecule has 1 saturated carbocycles. The van der Waals surface area contributed by atoms with Gasteiger partial charge in [-0.15, -0.1) is 0 Å². The van der Waals surface area contributed by atoms with E-state index in [9.17, 15) is 9.59 Å². The van der Waals surface area contributed by atoms with E-state index >= 15 is 0 Å². The molecule has 0 radical (unpaired) electrons. The number of hydrogen-bond donors (Lipinski definition) is 0. The van der Waals surface area contributed by atoms with E-state index in [0.717, 1.165) is 0 Å². The van der Waals surface area contributed by atoms with Crippen LogP contribution in [0.25, 0.3) is 0 Å². The van der Waals surface area contributed by atoms with Crippen molar-refractivity contribution in [3.8, 4) is 6.07 Å². The molecule has 82 valence electrons. The summed E-state index contributed by atoms with van der Waals surface area (Å²) >= 11 is 0. The summed E-state index contributed by atoms with van der Waals surface area (Å²) < 4.78 is 4.84. The van der Waals surface area contributed by atoms with Crippen LogP contribution in [0.15, 0.2) is 0 Å². The summed E-state index contributed by atoms with van der Waals surface area (Å²) in [6.07, 6.45) is 1.64. The predicted molar refractivity (Wildman–Crippen MR) is 52.7 cm³/mol. The lowest BCUT2D eigenvalue weighted by molar-refractivity contribution is -0.157. The van der Waals surface area contributed by atoms with Crippen molar-refractivity contribution < 1.29 is 14.3 Å². The molecule has 1 fully saturated rings. The highest BCUT2D eigenvalue weighted by Crippen LogP contribution is 2.39. The van der Waals surface area contributed by atoms with Crippen molar-refractivity contribution in [1.29, 1.82) is 5.26 Å². The Bertz CT molecular complexity index is 318. The number of esters is 1. The van der Waals surface area contributed by atoms with Crippen LogP contribution in [-0.2, 0) is 14.3 Å². The molecule has 0 N–H and O–H groups in total. The summed E-state index contributed by atoms with van der Waals surface area (Å²) in [5.74, 6) is -1.61. The maximum Gasteiger partial charge on any atom is 0.318 e. The molecule has 0 bridgehead atoms. The van der Waals surface area contributed by atoms with Gasteiger partial charge >= 0.3 is 5.97 Å². The first kappa shape index (κ1) is 11.7. The van der Waals surface area contributed by atoms with Gasteiger partial charge in [0.25, 0.3) is 0 Å². The molecule has 1 aliphatic carbocycles. The lowest BCUT2D eigenvalue weighted by atomic mass is 9.68. The summed E-state index contributed by atoms with van der Waals surface area (Å²) in [6, 6.07) is 2.08.